The van der Waals surface area contributed by atoms with Crippen LogP contribution in [0.3, 0.4) is 0 Å². The Morgan fingerprint density at radius 1 is 1.86 bits per heavy atom. The Bertz CT molecular complexity index is 74.1. The molecule has 0 amide bonds. The Kier molecular flexibility index (Phi) is 2.87. The van der Waals surface area contributed by atoms with E-state index < -0.39 is 9.04 Å². The summed E-state index contributed by atoms with van der Waals surface area (Å²) in [6, 6.07) is 0. The maximum atomic E-state index is 11.8. The van der Waals surface area contributed by atoms with Crippen LogP contribution in [-0.2, 0) is 4.43 Å². The molecule has 0 fully saturated rings. The van der Waals surface area contributed by atoms with Crippen molar-refractivity contribution in [3.63, 3.8) is 0 Å². The second-order valence-electron chi connectivity index (χ2n) is 1.32. The van der Waals surface area contributed by atoms with Crippen molar-refractivity contribution in [1.82, 2.24) is 0 Å². The highest BCUT2D eigenvalue weighted by Gasteiger charge is 2.03. The molecule has 0 spiro atoms. The lowest BCUT2D eigenvalue weighted by Gasteiger charge is -1.99. The third kappa shape index (κ3) is 2.53. The number of hydrogen-bond acceptors (Lipinski definition) is 1. The fourth-order valence-corrected chi connectivity index (χ4v) is 0.384. The van der Waals surface area contributed by atoms with E-state index >= 15 is 0 Å². The molecule has 1 unspecified atom stereocenters. The van der Waals surface area contributed by atoms with Crippen LogP contribution in [0, 0.1) is 0 Å². The maximum Gasteiger partial charge on any atom is 0.235 e. The van der Waals surface area contributed by atoms with Crippen molar-refractivity contribution in [2.45, 2.75) is 6.55 Å². The summed E-state index contributed by atoms with van der Waals surface area (Å²) in [5.74, 6) is 0. The van der Waals surface area contributed by atoms with Crippen LogP contribution in [0.2, 0.25) is 6.55 Å². The Hall–Kier alpha value is -0.153. The molecule has 1 atom stereocenters. The van der Waals surface area contributed by atoms with Gasteiger partial charge in [0.2, 0.25) is 9.04 Å². The van der Waals surface area contributed by atoms with Gasteiger partial charge in [-0.15, -0.1) is 0 Å². The first-order valence-electron chi connectivity index (χ1n) is 2.05. The summed E-state index contributed by atoms with van der Waals surface area (Å²) in [6.45, 7) is 4.83. The molecule has 7 heavy (non-hydrogen) atoms. The van der Waals surface area contributed by atoms with Crippen molar-refractivity contribution in [2.24, 2.45) is 0 Å². The van der Waals surface area contributed by atoms with Crippen molar-refractivity contribution in [1.29, 1.82) is 0 Å². The molecular weight excluding hydrogens is 111 g/mol. The molecule has 0 heterocycles. The first-order valence-corrected chi connectivity index (χ1v) is 4.26. The molecule has 0 N–H and O–H groups in total. The van der Waals surface area contributed by atoms with Gasteiger partial charge in [0.1, 0.15) is 5.45 Å². The highest BCUT2D eigenvalue weighted by atomic mass is 28.3. The zero-order valence-corrected chi connectivity index (χ0v) is 5.73. The lowest BCUT2D eigenvalue weighted by molar-refractivity contribution is 0.420. The third-order valence-electron chi connectivity index (χ3n) is 0.795. The van der Waals surface area contributed by atoms with Crippen LogP contribution >= 0.6 is 0 Å². The predicted molar refractivity (Wildman–Crippen MR) is 30.3 cm³/mol. The van der Waals surface area contributed by atoms with Gasteiger partial charge in [-0.1, -0.05) is 6.58 Å². The van der Waals surface area contributed by atoms with Gasteiger partial charge in [-0.3, -0.25) is 0 Å². The molecule has 0 aromatic rings. The molecule has 3 heteroatoms. The number of halogens is 1. The average molecular weight is 120 g/mol. The molecule has 0 radical (unpaired) electrons. The van der Waals surface area contributed by atoms with Crippen molar-refractivity contribution in [3.05, 3.63) is 12.0 Å². The van der Waals surface area contributed by atoms with E-state index in [1.54, 1.807) is 6.55 Å². The molecule has 0 aliphatic rings. The van der Waals surface area contributed by atoms with Crippen LogP contribution in [0.1, 0.15) is 0 Å². The minimum absolute atomic E-state index is 0.289. The molecule has 42 valence electrons. The normalized spacial score (nSPS) is 13.6. The van der Waals surface area contributed by atoms with Crippen molar-refractivity contribution in [2.75, 3.05) is 7.11 Å². The van der Waals surface area contributed by atoms with E-state index in [4.69, 9.17) is 0 Å². The molecule has 1 nitrogen and oxygen atoms in total. The quantitative estimate of drug-likeness (QED) is 0.494. The number of rotatable bonds is 2. The van der Waals surface area contributed by atoms with Gasteiger partial charge in [0.15, 0.2) is 0 Å². The molecule has 0 bridgehead atoms. The summed E-state index contributed by atoms with van der Waals surface area (Å²) >= 11 is 0. The smallest absolute Gasteiger partial charge is 0.235 e. The predicted octanol–water partition coefficient (Wildman–Crippen LogP) is 1.01. The van der Waals surface area contributed by atoms with Crippen LogP contribution in [-0.4, -0.2) is 16.2 Å². The van der Waals surface area contributed by atoms with E-state index in [1.165, 1.54) is 7.11 Å². The highest BCUT2D eigenvalue weighted by Crippen LogP contribution is 1.97. The summed E-state index contributed by atoms with van der Waals surface area (Å²) in [4.78, 5) is 0. The van der Waals surface area contributed by atoms with E-state index in [2.05, 4.69) is 11.0 Å². The fourth-order valence-electron chi connectivity index (χ4n) is 0.128. The minimum atomic E-state index is -1.62. The summed E-state index contributed by atoms with van der Waals surface area (Å²) in [6.07, 6.45) is 0. The molecule has 0 aliphatic carbocycles. The third-order valence-corrected chi connectivity index (χ3v) is 2.38. The monoisotopic (exact) mass is 120 g/mol. The van der Waals surface area contributed by atoms with E-state index in [-0.39, 0.29) is 5.45 Å². The van der Waals surface area contributed by atoms with Crippen molar-refractivity contribution >= 4 is 9.04 Å². The van der Waals surface area contributed by atoms with E-state index in [0.29, 0.717) is 0 Å². The standard InChI is InChI=1S/C4H9FOSi/c1-4(5)7(3)6-2/h7H,1H2,2-3H3. The summed E-state index contributed by atoms with van der Waals surface area (Å²) in [5, 5.41) is 0. The van der Waals surface area contributed by atoms with Crippen molar-refractivity contribution in [3.8, 4) is 0 Å². The van der Waals surface area contributed by atoms with E-state index in [1.807, 2.05) is 0 Å². The van der Waals surface area contributed by atoms with Crippen LogP contribution in [0.25, 0.3) is 0 Å². The molecule has 0 saturated heterocycles. The van der Waals surface area contributed by atoms with E-state index in [0.717, 1.165) is 0 Å². The second kappa shape index (κ2) is 2.93. The van der Waals surface area contributed by atoms with Gasteiger partial charge in [0.25, 0.3) is 0 Å². The largest absolute Gasteiger partial charge is 0.416 e. The molecular formula is C4H9FOSi. The van der Waals surface area contributed by atoms with Crippen LogP contribution in [0.5, 0.6) is 0 Å². The SMILES string of the molecule is C=C(F)[SiH](C)OC. The van der Waals surface area contributed by atoms with Gasteiger partial charge in [0.05, 0.1) is 0 Å². The van der Waals surface area contributed by atoms with E-state index in [9.17, 15) is 4.39 Å². The van der Waals surface area contributed by atoms with Gasteiger partial charge in [-0.2, -0.15) is 0 Å². The molecule has 0 aromatic carbocycles. The van der Waals surface area contributed by atoms with Crippen molar-refractivity contribution < 1.29 is 8.82 Å². The average Bonchev–Trinajstić information content (AvgIpc) is 1.65. The van der Waals surface area contributed by atoms with Crippen LogP contribution in [0.4, 0.5) is 4.39 Å². The lowest BCUT2D eigenvalue weighted by Crippen LogP contribution is -2.09. The van der Waals surface area contributed by atoms with Crippen LogP contribution in [0.15, 0.2) is 12.0 Å². The van der Waals surface area contributed by atoms with Gasteiger partial charge in [-0.05, 0) is 6.55 Å². The maximum absolute atomic E-state index is 11.8. The summed E-state index contributed by atoms with van der Waals surface area (Å²) < 4.78 is 16.5. The Labute approximate surface area is 44.5 Å². The van der Waals surface area contributed by atoms with Crippen LogP contribution < -0.4 is 0 Å². The fraction of sp³-hybridized carbons (Fsp3) is 0.500. The molecule has 0 saturated carbocycles. The zero-order valence-electron chi connectivity index (χ0n) is 4.57. The lowest BCUT2D eigenvalue weighted by atomic mass is 11.2. The Morgan fingerprint density at radius 3 is 2.29 bits per heavy atom. The molecule has 0 aliphatic heterocycles. The second-order valence-corrected chi connectivity index (χ2v) is 3.71. The first kappa shape index (κ1) is 6.85. The Morgan fingerprint density at radius 2 is 2.29 bits per heavy atom. The Balaban J connectivity index is 3.34. The summed E-state index contributed by atoms with van der Waals surface area (Å²) in [7, 11) is -0.114. The van der Waals surface area contributed by atoms with Gasteiger partial charge in [-0.25, -0.2) is 4.39 Å². The minimum Gasteiger partial charge on any atom is -0.416 e. The van der Waals surface area contributed by atoms with Gasteiger partial charge in [0, 0.05) is 7.11 Å². The molecule has 0 aromatic heterocycles. The van der Waals surface area contributed by atoms with Gasteiger partial charge < -0.3 is 4.43 Å². The molecule has 0 rings (SSSR count). The van der Waals surface area contributed by atoms with Gasteiger partial charge >= 0.3 is 0 Å². The topological polar surface area (TPSA) is 9.23 Å². The number of hydrogen-bond donors (Lipinski definition) is 0. The first-order chi connectivity index (χ1) is 3.18. The zero-order chi connectivity index (χ0) is 5.86. The summed E-state index contributed by atoms with van der Waals surface area (Å²) in [5.41, 5.74) is -0.289. The highest BCUT2D eigenvalue weighted by molar-refractivity contribution is 6.57.